The van der Waals surface area contributed by atoms with Crippen LogP contribution in [-0.2, 0) is 17.1 Å². The largest absolute Gasteiger partial charge is 2.00 e. The number of benzene rings is 6. The fraction of sp³-hybridized carbons (Fsp3) is 0.125. The first kappa shape index (κ1) is 36.7. The number of hydrogen-bond acceptors (Lipinski definition) is 0. The van der Waals surface area contributed by atoms with E-state index in [1.807, 2.05) is 0 Å². The third-order valence-electron chi connectivity index (χ3n) is 9.14. The van der Waals surface area contributed by atoms with E-state index in [1.54, 1.807) is 6.07 Å². The first-order valence-corrected chi connectivity index (χ1v) is 19.8. The zero-order valence-corrected chi connectivity index (χ0v) is 32.5. The summed E-state index contributed by atoms with van der Waals surface area (Å²) < 4.78 is 0. The van der Waals surface area contributed by atoms with Crippen molar-refractivity contribution in [3.8, 4) is 0 Å². The fourth-order valence-corrected chi connectivity index (χ4v) is 13.2. The van der Waals surface area contributed by atoms with Gasteiger partial charge in [-0.1, -0.05) is 151 Å². The molecule has 3 heteroatoms. The third kappa shape index (κ3) is 8.05. The second-order valence-electron chi connectivity index (χ2n) is 13.0. The van der Waals surface area contributed by atoms with Crippen LogP contribution in [0.4, 0.5) is 0 Å². The van der Waals surface area contributed by atoms with Gasteiger partial charge in [-0.25, -0.2) is 0 Å². The Hall–Kier alpha value is -4.08. The minimum absolute atomic E-state index is 0. The summed E-state index contributed by atoms with van der Waals surface area (Å²) in [5.41, 5.74) is 6.95. The summed E-state index contributed by atoms with van der Waals surface area (Å²) in [6.45, 7) is 11.4. The van der Waals surface area contributed by atoms with Gasteiger partial charge in [0, 0.05) is 0 Å². The van der Waals surface area contributed by atoms with Crippen molar-refractivity contribution < 1.29 is 17.1 Å². The molecule has 0 fully saturated rings. The van der Waals surface area contributed by atoms with Gasteiger partial charge in [-0.05, 0) is 84.0 Å². The van der Waals surface area contributed by atoms with E-state index in [-0.39, 0.29) is 22.7 Å². The zero-order valence-electron chi connectivity index (χ0n) is 29.6. The van der Waals surface area contributed by atoms with Crippen LogP contribution in [0.1, 0.15) is 40.4 Å². The summed E-state index contributed by atoms with van der Waals surface area (Å²) in [4.78, 5) is 0. The molecule has 0 aliphatic heterocycles. The van der Waals surface area contributed by atoms with Crippen molar-refractivity contribution in [3.05, 3.63) is 198 Å². The van der Waals surface area contributed by atoms with E-state index >= 15 is 0 Å². The molecule has 0 spiro atoms. The molecule has 0 aliphatic rings. The Morgan fingerprint density at radius 2 is 1.04 bits per heavy atom. The van der Waals surface area contributed by atoms with Crippen LogP contribution in [0.3, 0.4) is 0 Å². The van der Waals surface area contributed by atoms with Crippen molar-refractivity contribution in [2.75, 3.05) is 0 Å². The maximum Gasteiger partial charge on any atom is 2.00 e. The molecule has 0 saturated carbocycles. The molecular formula is C48H39FeP2-5. The summed E-state index contributed by atoms with van der Waals surface area (Å²) >= 11 is 0. The Morgan fingerprint density at radius 3 is 1.49 bits per heavy atom. The van der Waals surface area contributed by atoms with Gasteiger partial charge < -0.3 is 53.8 Å². The average Bonchev–Trinajstić information content (AvgIpc) is 3.85. The molecule has 0 nitrogen and oxygen atoms in total. The topological polar surface area (TPSA) is 0 Å². The van der Waals surface area contributed by atoms with E-state index in [0.29, 0.717) is 0 Å². The van der Waals surface area contributed by atoms with Gasteiger partial charge in [0.15, 0.2) is 0 Å². The average molecular weight is 734 g/mol. The van der Waals surface area contributed by atoms with Gasteiger partial charge in [-0.3, -0.25) is 5.56 Å². The van der Waals surface area contributed by atoms with Crippen molar-refractivity contribution in [1.29, 1.82) is 0 Å². The van der Waals surface area contributed by atoms with Gasteiger partial charge >= 0.3 is 17.1 Å². The zero-order chi connectivity index (χ0) is 34.6. The van der Waals surface area contributed by atoms with Crippen molar-refractivity contribution >= 4 is 63.9 Å². The number of fused-ring (bicyclic) bond motifs is 2. The normalized spacial score (nSPS) is 11.7. The van der Waals surface area contributed by atoms with Crippen LogP contribution in [-0.4, -0.2) is 0 Å². The van der Waals surface area contributed by atoms with E-state index in [1.165, 1.54) is 75.9 Å². The van der Waals surface area contributed by atoms with Gasteiger partial charge in [0.1, 0.15) is 0 Å². The second-order valence-corrected chi connectivity index (χ2v) is 17.7. The smallest absolute Gasteiger partial charge is 0.999 e. The molecule has 0 bridgehead atoms. The molecule has 8 rings (SSSR count). The maximum atomic E-state index is 3.83. The summed E-state index contributed by atoms with van der Waals surface area (Å²) in [5, 5.41) is 12.4. The standard InChI is InChI=1S/C43H38P2.C5H.Fe/c1-29-23-30(2)26-36(25-29)44(37-27-31(3)24-32(4)28-37)33(5)38-19-12-22-41(38)45(42-20-10-15-34-13-6-8-17-39(34)42)43-21-11-16-35-14-7-9-18-40(35)43;1-2-4-5-3-1;/h6-18,20-28,33H,1-5H3;1H;/q-2;-5;+2/t33-;;/m0../s1. The minimum atomic E-state index is -0.870. The Bertz CT molecular complexity index is 2160. The van der Waals surface area contributed by atoms with Crippen LogP contribution < -0.4 is 26.5 Å². The molecule has 0 unspecified atom stereocenters. The molecule has 0 radical (unpaired) electrons. The van der Waals surface area contributed by atoms with Crippen molar-refractivity contribution in [1.82, 2.24) is 0 Å². The van der Waals surface area contributed by atoms with Gasteiger partial charge in [-0.15, -0.1) is 7.92 Å². The molecular weight excluding hydrogens is 694 g/mol. The van der Waals surface area contributed by atoms with Gasteiger partial charge in [0.05, 0.1) is 0 Å². The molecule has 8 aromatic carbocycles. The molecule has 254 valence electrons. The number of aryl methyl sites for hydroxylation is 4. The maximum absolute atomic E-state index is 3.83. The van der Waals surface area contributed by atoms with Crippen LogP contribution in [0.2, 0.25) is 0 Å². The molecule has 0 heterocycles. The molecule has 0 aliphatic carbocycles. The van der Waals surface area contributed by atoms with Crippen LogP contribution in [0, 0.1) is 58.0 Å². The number of hydrogen-bond donors (Lipinski definition) is 0. The van der Waals surface area contributed by atoms with Crippen LogP contribution >= 0.6 is 15.8 Å². The van der Waals surface area contributed by atoms with E-state index < -0.39 is 15.8 Å². The van der Waals surface area contributed by atoms with E-state index in [4.69, 9.17) is 0 Å². The number of rotatable bonds is 7. The molecule has 0 saturated heterocycles. The molecule has 0 N–H and O–H groups in total. The molecule has 0 aromatic heterocycles. The minimum Gasteiger partial charge on any atom is -0.999 e. The van der Waals surface area contributed by atoms with E-state index in [2.05, 4.69) is 198 Å². The first-order valence-electron chi connectivity index (χ1n) is 17.1. The summed E-state index contributed by atoms with van der Waals surface area (Å²) in [6, 6.07) is 66.2. The Labute approximate surface area is 317 Å². The van der Waals surface area contributed by atoms with E-state index in [9.17, 15) is 0 Å². The molecule has 51 heavy (non-hydrogen) atoms. The Morgan fingerprint density at radius 1 is 0.588 bits per heavy atom. The first-order chi connectivity index (χ1) is 24.4. The SMILES string of the molecule is Cc1cc(C)cc(P(c2cc(C)cc(C)c2)[C@@H](C)c2[c-]cc[c-]2P(c2cccc3ccccc23)c2cccc3ccccc23)c1.[Fe+2].[c-]1[c-][c-][cH-][c-]1. The Kier molecular flexibility index (Phi) is 11.9. The van der Waals surface area contributed by atoms with Crippen molar-refractivity contribution in [2.45, 2.75) is 40.3 Å². The van der Waals surface area contributed by atoms with Gasteiger partial charge in [0.2, 0.25) is 0 Å². The quantitative estimate of drug-likeness (QED) is 0.0870. The monoisotopic (exact) mass is 733 g/mol. The predicted molar refractivity (Wildman–Crippen MR) is 218 cm³/mol. The van der Waals surface area contributed by atoms with Crippen molar-refractivity contribution in [3.63, 3.8) is 0 Å². The summed E-state index contributed by atoms with van der Waals surface area (Å²) in [5.74, 6) is 0. The van der Waals surface area contributed by atoms with Crippen molar-refractivity contribution in [2.24, 2.45) is 0 Å². The predicted octanol–water partition coefficient (Wildman–Crippen LogP) is 10.3. The molecule has 8 aromatic rings. The molecule has 1 atom stereocenters. The summed E-state index contributed by atoms with van der Waals surface area (Å²) in [7, 11) is -1.57. The van der Waals surface area contributed by atoms with Crippen LogP contribution in [0.25, 0.3) is 21.5 Å². The molecule has 0 amide bonds. The third-order valence-corrected chi connectivity index (χ3v) is 14.4. The fourth-order valence-electron chi connectivity index (χ4n) is 7.18. The van der Waals surface area contributed by atoms with Gasteiger partial charge in [-0.2, -0.15) is 0 Å². The van der Waals surface area contributed by atoms with E-state index in [0.717, 1.165) is 0 Å². The second kappa shape index (κ2) is 16.5. The summed E-state index contributed by atoms with van der Waals surface area (Å²) in [6.07, 6.45) is 0. The van der Waals surface area contributed by atoms with Crippen LogP contribution in [0.5, 0.6) is 0 Å². The van der Waals surface area contributed by atoms with Gasteiger partial charge in [0.25, 0.3) is 0 Å². The Balaban J connectivity index is 0.000000689. The van der Waals surface area contributed by atoms with Crippen LogP contribution in [0.15, 0.2) is 140 Å².